The Morgan fingerprint density at radius 2 is 2.12 bits per heavy atom. The number of benzene rings is 1. The minimum Gasteiger partial charge on any atom is -0.371 e. The highest BCUT2D eigenvalue weighted by Gasteiger charge is 2.22. The number of carbonyl (C=O) groups excluding carboxylic acids is 1. The van der Waals surface area contributed by atoms with Gasteiger partial charge in [0.2, 0.25) is 5.91 Å². The summed E-state index contributed by atoms with van der Waals surface area (Å²) in [6, 6.07) is 10.2. The van der Waals surface area contributed by atoms with E-state index in [1.54, 1.807) is 0 Å². The molecule has 1 aliphatic rings. The van der Waals surface area contributed by atoms with Crippen LogP contribution in [0.4, 0.5) is 0 Å². The van der Waals surface area contributed by atoms with Gasteiger partial charge in [0.1, 0.15) is 0 Å². The first-order valence-corrected chi connectivity index (χ1v) is 5.77. The van der Waals surface area contributed by atoms with E-state index in [-0.39, 0.29) is 12.0 Å². The fraction of sp³-hybridized carbons (Fsp3) is 0.462. The molecule has 1 amide bonds. The van der Waals surface area contributed by atoms with Crippen LogP contribution in [0.5, 0.6) is 0 Å². The first-order valence-electron chi connectivity index (χ1n) is 5.77. The van der Waals surface area contributed by atoms with E-state index in [0.29, 0.717) is 13.0 Å². The second-order valence-corrected chi connectivity index (χ2v) is 4.10. The van der Waals surface area contributed by atoms with Crippen LogP contribution in [0.15, 0.2) is 30.3 Å². The lowest BCUT2D eigenvalue weighted by molar-refractivity contribution is -0.121. The zero-order valence-electron chi connectivity index (χ0n) is 9.32. The molecular formula is C13H17NO2. The number of amides is 1. The quantitative estimate of drug-likeness (QED) is 0.737. The van der Waals surface area contributed by atoms with Crippen molar-refractivity contribution < 1.29 is 9.53 Å². The van der Waals surface area contributed by atoms with E-state index in [1.165, 1.54) is 5.56 Å². The maximum absolute atomic E-state index is 11.4. The van der Waals surface area contributed by atoms with E-state index in [0.717, 1.165) is 19.4 Å². The fourth-order valence-corrected chi connectivity index (χ4v) is 1.60. The SMILES string of the molecule is O=C(CCCc1ccccc1)NC[C@@H]1CO1. The Balaban J connectivity index is 1.58. The van der Waals surface area contributed by atoms with Crippen molar-refractivity contribution >= 4 is 5.91 Å². The number of rotatable bonds is 6. The van der Waals surface area contributed by atoms with Gasteiger partial charge in [-0.1, -0.05) is 30.3 Å². The van der Waals surface area contributed by atoms with Crippen LogP contribution in [0.2, 0.25) is 0 Å². The predicted molar refractivity (Wildman–Crippen MR) is 62.1 cm³/mol. The summed E-state index contributed by atoms with van der Waals surface area (Å²) >= 11 is 0. The van der Waals surface area contributed by atoms with Crippen LogP contribution in [0.3, 0.4) is 0 Å². The van der Waals surface area contributed by atoms with E-state index >= 15 is 0 Å². The molecule has 0 aliphatic carbocycles. The molecule has 0 saturated carbocycles. The Hall–Kier alpha value is -1.35. The Labute approximate surface area is 95.8 Å². The number of epoxide rings is 1. The van der Waals surface area contributed by atoms with Gasteiger partial charge in [-0.2, -0.15) is 0 Å². The maximum atomic E-state index is 11.4. The molecule has 0 spiro atoms. The maximum Gasteiger partial charge on any atom is 0.220 e. The van der Waals surface area contributed by atoms with Crippen LogP contribution < -0.4 is 5.32 Å². The summed E-state index contributed by atoms with van der Waals surface area (Å²) < 4.78 is 5.02. The van der Waals surface area contributed by atoms with Gasteiger partial charge in [-0.05, 0) is 18.4 Å². The summed E-state index contributed by atoms with van der Waals surface area (Å²) in [5.74, 6) is 0.131. The van der Waals surface area contributed by atoms with Crippen LogP contribution in [0.1, 0.15) is 18.4 Å². The van der Waals surface area contributed by atoms with Gasteiger partial charge in [0.15, 0.2) is 0 Å². The van der Waals surface area contributed by atoms with E-state index in [9.17, 15) is 4.79 Å². The zero-order valence-corrected chi connectivity index (χ0v) is 9.32. The molecule has 2 rings (SSSR count). The van der Waals surface area contributed by atoms with Crippen molar-refractivity contribution in [2.45, 2.75) is 25.4 Å². The van der Waals surface area contributed by atoms with Crippen molar-refractivity contribution in [1.29, 1.82) is 0 Å². The summed E-state index contributed by atoms with van der Waals surface area (Å²) in [6.45, 7) is 1.47. The molecule has 1 heterocycles. The monoisotopic (exact) mass is 219 g/mol. The Kier molecular flexibility index (Phi) is 3.94. The fourth-order valence-electron chi connectivity index (χ4n) is 1.60. The normalized spacial score (nSPS) is 18.1. The van der Waals surface area contributed by atoms with Crippen molar-refractivity contribution in [2.24, 2.45) is 0 Å². The van der Waals surface area contributed by atoms with Gasteiger partial charge in [0.05, 0.1) is 12.7 Å². The molecule has 0 radical (unpaired) electrons. The number of nitrogens with one attached hydrogen (secondary N) is 1. The van der Waals surface area contributed by atoms with Crippen molar-refractivity contribution in [3.05, 3.63) is 35.9 Å². The summed E-state index contributed by atoms with van der Waals surface area (Å²) in [4.78, 5) is 11.4. The number of carbonyl (C=O) groups is 1. The molecule has 0 bridgehead atoms. The highest BCUT2D eigenvalue weighted by molar-refractivity contribution is 5.75. The molecule has 86 valence electrons. The predicted octanol–water partition coefficient (Wildman–Crippen LogP) is 1.52. The van der Waals surface area contributed by atoms with Gasteiger partial charge in [-0.3, -0.25) is 4.79 Å². The number of hydrogen-bond donors (Lipinski definition) is 1. The molecule has 3 heteroatoms. The second-order valence-electron chi connectivity index (χ2n) is 4.10. The molecule has 1 atom stereocenters. The summed E-state index contributed by atoms with van der Waals surface area (Å²) in [6.07, 6.45) is 2.75. The highest BCUT2D eigenvalue weighted by Crippen LogP contribution is 2.07. The summed E-state index contributed by atoms with van der Waals surface area (Å²) in [7, 11) is 0. The Morgan fingerprint density at radius 3 is 2.81 bits per heavy atom. The van der Waals surface area contributed by atoms with Crippen molar-refractivity contribution in [2.75, 3.05) is 13.2 Å². The van der Waals surface area contributed by atoms with Gasteiger partial charge in [0.25, 0.3) is 0 Å². The van der Waals surface area contributed by atoms with Crippen molar-refractivity contribution in [3.8, 4) is 0 Å². The van der Waals surface area contributed by atoms with Crippen LogP contribution in [0.25, 0.3) is 0 Å². The van der Waals surface area contributed by atoms with E-state index in [1.807, 2.05) is 18.2 Å². The molecule has 16 heavy (non-hydrogen) atoms. The number of ether oxygens (including phenoxy) is 1. The van der Waals surface area contributed by atoms with Crippen LogP contribution in [-0.4, -0.2) is 25.2 Å². The molecule has 3 nitrogen and oxygen atoms in total. The molecule has 1 aromatic rings. The van der Waals surface area contributed by atoms with Gasteiger partial charge in [-0.15, -0.1) is 0 Å². The second kappa shape index (κ2) is 5.66. The number of aryl methyl sites for hydroxylation is 1. The van der Waals surface area contributed by atoms with Crippen LogP contribution in [0, 0.1) is 0 Å². The number of hydrogen-bond acceptors (Lipinski definition) is 2. The first-order chi connectivity index (χ1) is 7.84. The average Bonchev–Trinajstić information content (AvgIpc) is 3.12. The highest BCUT2D eigenvalue weighted by atomic mass is 16.6. The standard InChI is InChI=1S/C13H17NO2/c15-13(14-9-12-10-16-12)8-4-7-11-5-2-1-3-6-11/h1-3,5-6,12H,4,7-10H2,(H,14,15)/t12-/m1/s1. The lowest BCUT2D eigenvalue weighted by atomic mass is 10.1. The first kappa shape index (κ1) is 11.1. The summed E-state index contributed by atoms with van der Waals surface area (Å²) in [5, 5.41) is 2.87. The molecule has 0 unspecified atom stereocenters. The third-order valence-electron chi connectivity index (χ3n) is 2.64. The minimum absolute atomic E-state index is 0.131. The molecule has 0 aromatic heterocycles. The zero-order chi connectivity index (χ0) is 11.2. The van der Waals surface area contributed by atoms with Gasteiger partial charge < -0.3 is 10.1 Å². The molecular weight excluding hydrogens is 202 g/mol. The van der Waals surface area contributed by atoms with Gasteiger partial charge >= 0.3 is 0 Å². The largest absolute Gasteiger partial charge is 0.371 e. The van der Waals surface area contributed by atoms with Crippen molar-refractivity contribution in [1.82, 2.24) is 5.32 Å². The Morgan fingerprint density at radius 1 is 1.38 bits per heavy atom. The molecule has 1 aromatic carbocycles. The average molecular weight is 219 g/mol. The lowest BCUT2D eigenvalue weighted by Crippen LogP contribution is -2.27. The van der Waals surface area contributed by atoms with Gasteiger partial charge in [0, 0.05) is 13.0 Å². The smallest absolute Gasteiger partial charge is 0.220 e. The van der Waals surface area contributed by atoms with E-state index in [2.05, 4.69) is 17.4 Å². The van der Waals surface area contributed by atoms with Crippen LogP contribution in [-0.2, 0) is 16.0 Å². The molecule has 1 N–H and O–H groups in total. The van der Waals surface area contributed by atoms with Gasteiger partial charge in [-0.25, -0.2) is 0 Å². The van der Waals surface area contributed by atoms with Crippen molar-refractivity contribution in [3.63, 3.8) is 0 Å². The third kappa shape index (κ3) is 4.03. The lowest BCUT2D eigenvalue weighted by Gasteiger charge is -2.03. The minimum atomic E-state index is 0.131. The molecule has 1 saturated heterocycles. The summed E-state index contributed by atoms with van der Waals surface area (Å²) in [5.41, 5.74) is 1.29. The van der Waals surface area contributed by atoms with E-state index in [4.69, 9.17) is 4.74 Å². The third-order valence-corrected chi connectivity index (χ3v) is 2.64. The topological polar surface area (TPSA) is 41.6 Å². The van der Waals surface area contributed by atoms with Crippen LogP contribution >= 0.6 is 0 Å². The molecule has 1 fully saturated rings. The molecule has 1 aliphatic heterocycles. The Bertz CT molecular complexity index is 333. The van der Waals surface area contributed by atoms with E-state index < -0.39 is 0 Å².